The SMILES string of the molecule is CCC1CCc2sc(C(=O)N3CCCC3C(=O)O)cc2C1. The second-order valence-electron chi connectivity index (χ2n) is 6.07. The number of hydrogen-bond acceptors (Lipinski definition) is 3. The van der Waals surface area contributed by atoms with E-state index in [1.54, 1.807) is 11.3 Å². The molecule has 2 aliphatic rings. The van der Waals surface area contributed by atoms with E-state index in [1.807, 2.05) is 6.07 Å². The average molecular weight is 307 g/mol. The molecule has 1 aromatic heterocycles. The van der Waals surface area contributed by atoms with Crippen molar-refractivity contribution in [2.24, 2.45) is 5.92 Å². The molecule has 5 heteroatoms. The third-order valence-corrected chi connectivity index (χ3v) is 6.00. The summed E-state index contributed by atoms with van der Waals surface area (Å²) < 4.78 is 0. The van der Waals surface area contributed by atoms with E-state index in [9.17, 15) is 14.7 Å². The molecule has 0 spiro atoms. The highest BCUT2D eigenvalue weighted by atomic mass is 32.1. The van der Waals surface area contributed by atoms with Gasteiger partial charge in [-0.1, -0.05) is 13.3 Å². The zero-order chi connectivity index (χ0) is 15.0. The molecule has 3 rings (SSSR count). The Bertz CT molecular complexity index is 566. The first-order chi connectivity index (χ1) is 10.1. The molecule has 2 unspecified atom stereocenters. The predicted molar refractivity (Wildman–Crippen MR) is 81.8 cm³/mol. The zero-order valence-corrected chi connectivity index (χ0v) is 13.1. The third-order valence-electron chi connectivity index (χ3n) is 4.77. The number of aryl methyl sites for hydroxylation is 1. The number of rotatable bonds is 3. The van der Waals surface area contributed by atoms with Gasteiger partial charge in [0.2, 0.25) is 0 Å². The van der Waals surface area contributed by atoms with Crippen LogP contribution in [0.15, 0.2) is 6.07 Å². The summed E-state index contributed by atoms with van der Waals surface area (Å²) >= 11 is 1.57. The average Bonchev–Trinajstić information content (AvgIpc) is 3.12. The molecule has 0 aromatic carbocycles. The van der Waals surface area contributed by atoms with E-state index in [0.717, 1.165) is 30.1 Å². The van der Waals surface area contributed by atoms with Crippen LogP contribution in [0.1, 0.15) is 52.7 Å². The monoisotopic (exact) mass is 307 g/mol. The highest BCUT2D eigenvalue weighted by Crippen LogP contribution is 2.34. The molecule has 1 N–H and O–H groups in total. The van der Waals surface area contributed by atoms with Crippen molar-refractivity contribution in [2.75, 3.05) is 6.54 Å². The number of thiophene rings is 1. The molecule has 1 amide bonds. The van der Waals surface area contributed by atoms with Crippen molar-refractivity contribution in [1.82, 2.24) is 4.90 Å². The van der Waals surface area contributed by atoms with Gasteiger partial charge in [-0.25, -0.2) is 4.79 Å². The summed E-state index contributed by atoms with van der Waals surface area (Å²) in [6, 6.07) is 1.38. The van der Waals surface area contributed by atoms with Crippen LogP contribution in [0.5, 0.6) is 0 Å². The number of carboxylic acids is 1. The minimum absolute atomic E-state index is 0.0904. The predicted octanol–water partition coefficient (Wildman–Crippen LogP) is 2.95. The van der Waals surface area contributed by atoms with Gasteiger partial charge in [0.05, 0.1) is 4.88 Å². The number of carboxylic acid groups (broad SMARTS) is 1. The Labute approximate surface area is 128 Å². The molecule has 21 heavy (non-hydrogen) atoms. The number of fused-ring (bicyclic) bond motifs is 1. The van der Waals surface area contributed by atoms with Crippen molar-refractivity contribution in [1.29, 1.82) is 0 Å². The van der Waals surface area contributed by atoms with E-state index in [-0.39, 0.29) is 5.91 Å². The molecule has 2 atom stereocenters. The van der Waals surface area contributed by atoms with Crippen molar-refractivity contribution in [3.05, 3.63) is 21.4 Å². The summed E-state index contributed by atoms with van der Waals surface area (Å²) in [7, 11) is 0. The number of hydrogen-bond donors (Lipinski definition) is 1. The molecule has 1 aliphatic heterocycles. The van der Waals surface area contributed by atoms with Crippen LogP contribution in [0, 0.1) is 5.92 Å². The maximum atomic E-state index is 12.6. The Balaban J connectivity index is 1.80. The molecular formula is C16H21NO3S. The minimum Gasteiger partial charge on any atom is -0.480 e. The van der Waals surface area contributed by atoms with E-state index in [1.165, 1.54) is 28.2 Å². The van der Waals surface area contributed by atoms with Crippen LogP contribution in [0.3, 0.4) is 0 Å². The first-order valence-electron chi connectivity index (χ1n) is 7.75. The van der Waals surface area contributed by atoms with E-state index < -0.39 is 12.0 Å². The molecule has 1 fully saturated rings. The lowest BCUT2D eigenvalue weighted by Crippen LogP contribution is -2.40. The van der Waals surface area contributed by atoms with E-state index in [0.29, 0.717) is 13.0 Å². The van der Waals surface area contributed by atoms with Crippen molar-refractivity contribution in [3.8, 4) is 0 Å². The second-order valence-corrected chi connectivity index (χ2v) is 7.21. The van der Waals surface area contributed by atoms with Crippen molar-refractivity contribution in [2.45, 2.75) is 51.5 Å². The molecule has 114 valence electrons. The molecule has 1 saturated heterocycles. The number of aliphatic carboxylic acids is 1. The smallest absolute Gasteiger partial charge is 0.326 e. The largest absolute Gasteiger partial charge is 0.480 e. The molecule has 1 aromatic rings. The van der Waals surface area contributed by atoms with E-state index >= 15 is 0 Å². The molecule has 0 saturated carbocycles. The van der Waals surface area contributed by atoms with Crippen LogP contribution in [0.25, 0.3) is 0 Å². The first kappa shape index (κ1) is 14.6. The molecular weight excluding hydrogens is 286 g/mol. The maximum Gasteiger partial charge on any atom is 0.326 e. The zero-order valence-electron chi connectivity index (χ0n) is 12.3. The highest BCUT2D eigenvalue weighted by Gasteiger charge is 2.35. The lowest BCUT2D eigenvalue weighted by molar-refractivity contribution is -0.141. The van der Waals surface area contributed by atoms with Gasteiger partial charge in [0, 0.05) is 11.4 Å². The number of carbonyl (C=O) groups excluding carboxylic acids is 1. The topological polar surface area (TPSA) is 57.6 Å². The van der Waals surface area contributed by atoms with Crippen molar-refractivity contribution in [3.63, 3.8) is 0 Å². The van der Waals surface area contributed by atoms with Gasteiger partial charge in [-0.05, 0) is 49.7 Å². The standard InChI is InChI=1S/C16H21NO3S/c1-2-10-5-6-13-11(8-10)9-14(21-13)15(18)17-7-3-4-12(17)16(19)20/h9-10,12H,2-8H2,1H3,(H,19,20). The first-order valence-corrected chi connectivity index (χ1v) is 8.57. The van der Waals surface area contributed by atoms with Gasteiger partial charge in [0.15, 0.2) is 0 Å². The molecule has 1 aliphatic carbocycles. The van der Waals surface area contributed by atoms with Gasteiger partial charge in [0.1, 0.15) is 6.04 Å². The maximum absolute atomic E-state index is 12.6. The Morgan fingerprint density at radius 3 is 2.95 bits per heavy atom. The number of carbonyl (C=O) groups is 2. The fraction of sp³-hybridized carbons (Fsp3) is 0.625. The van der Waals surface area contributed by atoms with Crippen LogP contribution >= 0.6 is 11.3 Å². The molecule has 0 bridgehead atoms. The Morgan fingerprint density at radius 1 is 1.43 bits per heavy atom. The van der Waals surface area contributed by atoms with Gasteiger partial charge in [-0.2, -0.15) is 0 Å². The molecule has 2 heterocycles. The summed E-state index contributed by atoms with van der Waals surface area (Å²) in [5.41, 5.74) is 1.31. The Hall–Kier alpha value is -1.36. The van der Waals surface area contributed by atoms with Gasteiger partial charge in [-0.3, -0.25) is 4.79 Å². The number of amides is 1. The van der Waals surface area contributed by atoms with Crippen LogP contribution in [-0.2, 0) is 17.6 Å². The third kappa shape index (κ3) is 2.71. The van der Waals surface area contributed by atoms with Gasteiger partial charge >= 0.3 is 5.97 Å². The lowest BCUT2D eigenvalue weighted by Gasteiger charge is -2.20. The Morgan fingerprint density at radius 2 is 2.24 bits per heavy atom. The van der Waals surface area contributed by atoms with Crippen LogP contribution in [0.4, 0.5) is 0 Å². The fourth-order valence-electron chi connectivity index (χ4n) is 3.46. The van der Waals surface area contributed by atoms with E-state index in [2.05, 4.69) is 6.92 Å². The van der Waals surface area contributed by atoms with Gasteiger partial charge in [0.25, 0.3) is 5.91 Å². The van der Waals surface area contributed by atoms with Gasteiger partial charge in [-0.15, -0.1) is 11.3 Å². The lowest BCUT2D eigenvalue weighted by atomic mass is 9.87. The van der Waals surface area contributed by atoms with Crippen LogP contribution < -0.4 is 0 Å². The Kier molecular flexibility index (Phi) is 4.02. The van der Waals surface area contributed by atoms with Crippen LogP contribution in [-0.4, -0.2) is 34.5 Å². The summed E-state index contributed by atoms with van der Waals surface area (Å²) in [6.07, 6.45) is 5.88. The normalized spacial score (nSPS) is 24.9. The van der Waals surface area contributed by atoms with Gasteiger partial charge < -0.3 is 10.0 Å². The minimum atomic E-state index is -0.881. The summed E-state index contributed by atoms with van der Waals surface area (Å²) in [5, 5.41) is 9.22. The number of likely N-dealkylation sites (tertiary alicyclic amines) is 1. The van der Waals surface area contributed by atoms with Crippen molar-refractivity contribution < 1.29 is 14.7 Å². The number of nitrogens with zero attached hydrogens (tertiary/aromatic N) is 1. The quantitative estimate of drug-likeness (QED) is 0.934. The fourth-order valence-corrected chi connectivity index (χ4v) is 4.63. The molecule has 0 radical (unpaired) electrons. The van der Waals surface area contributed by atoms with E-state index in [4.69, 9.17) is 0 Å². The second kappa shape index (κ2) is 5.79. The van der Waals surface area contributed by atoms with Crippen LogP contribution in [0.2, 0.25) is 0 Å². The summed E-state index contributed by atoms with van der Waals surface area (Å²) in [4.78, 5) is 27.4. The highest BCUT2D eigenvalue weighted by molar-refractivity contribution is 7.14. The summed E-state index contributed by atoms with van der Waals surface area (Å²) in [5.74, 6) is -0.242. The van der Waals surface area contributed by atoms with Crippen molar-refractivity contribution >= 4 is 23.2 Å². The molecule has 4 nitrogen and oxygen atoms in total. The summed E-state index contributed by atoms with van der Waals surface area (Å²) in [6.45, 7) is 2.78.